The van der Waals surface area contributed by atoms with Gasteiger partial charge in [0.1, 0.15) is 6.73 Å². The number of hydrogen-bond acceptors (Lipinski definition) is 5. The molecular weight excluding hydrogens is 262 g/mol. The maximum absolute atomic E-state index is 11.6. The molecule has 1 aromatic heterocycles. The second kappa shape index (κ2) is 4.88. The predicted molar refractivity (Wildman–Crippen MR) is 74.5 cm³/mol. The molecule has 1 heterocycles. The van der Waals surface area contributed by atoms with Gasteiger partial charge in [0.25, 0.3) is 0 Å². The smallest absolute Gasteiger partial charge is 0.361 e. The van der Waals surface area contributed by atoms with E-state index < -0.39 is 19.4 Å². The molecule has 0 aromatic carbocycles. The molecule has 2 rings (SSSR count). The fourth-order valence-corrected chi connectivity index (χ4v) is 2.77. The quantitative estimate of drug-likeness (QED) is 0.630. The Morgan fingerprint density at radius 2 is 2.21 bits per heavy atom. The van der Waals surface area contributed by atoms with E-state index in [2.05, 4.69) is 24.8 Å². The monoisotopic (exact) mass is 285 g/mol. The highest BCUT2D eigenvalue weighted by Crippen LogP contribution is 2.47. The Kier molecular flexibility index (Phi) is 3.72. The van der Waals surface area contributed by atoms with E-state index in [0.29, 0.717) is 18.3 Å². The summed E-state index contributed by atoms with van der Waals surface area (Å²) in [6.45, 7) is 9.72. The summed E-state index contributed by atoms with van der Waals surface area (Å²) in [5, 5.41) is 3.81. The molecule has 2 N–H and O–H groups in total. The molecule has 0 radical (unpaired) electrons. The molecule has 2 atom stereocenters. The summed E-state index contributed by atoms with van der Waals surface area (Å²) in [6.07, 6.45) is 0.827. The Balaban J connectivity index is 1.98. The first-order valence-electron chi connectivity index (χ1n) is 6.68. The Labute approximate surface area is 113 Å². The maximum Gasteiger partial charge on any atom is 0.443 e. The summed E-state index contributed by atoms with van der Waals surface area (Å²) in [5.41, 5.74) is 5.65. The van der Waals surface area contributed by atoms with Crippen LogP contribution in [0.1, 0.15) is 19.2 Å². The van der Waals surface area contributed by atoms with Crippen molar-refractivity contribution in [3.05, 3.63) is 16.4 Å². The van der Waals surface area contributed by atoms with Gasteiger partial charge >= 0.3 is 5.76 Å². The first-order chi connectivity index (χ1) is 8.74. The van der Waals surface area contributed by atoms with Crippen molar-refractivity contribution < 1.29 is 9.26 Å². The zero-order valence-electron chi connectivity index (χ0n) is 12.1. The Morgan fingerprint density at radius 1 is 1.58 bits per heavy atom. The van der Waals surface area contributed by atoms with Gasteiger partial charge in [-0.15, -0.1) is 0 Å². The predicted octanol–water partition coefficient (Wildman–Crippen LogP) is 1.34. The minimum Gasteiger partial charge on any atom is -0.361 e. The topological polar surface area (TPSA) is 83.3 Å². The lowest BCUT2D eigenvalue weighted by atomic mass is 10.2. The number of nitrogens with zero attached hydrogens (tertiary/aromatic N) is 2. The number of ether oxygens (including phenoxy) is 1. The number of aromatic nitrogens is 2. The molecule has 0 bridgehead atoms. The maximum atomic E-state index is 11.6. The molecule has 1 aromatic rings. The Hall–Kier alpha value is -0.923. The van der Waals surface area contributed by atoms with Crippen LogP contribution < -0.4 is 11.5 Å². The van der Waals surface area contributed by atoms with Crippen molar-refractivity contribution in [2.45, 2.75) is 51.3 Å². The van der Waals surface area contributed by atoms with Crippen molar-refractivity contribution >= 4 is 8.07 Å². The molecule has 7 heteroatoms. The molecule has 1 aliphatic carbocycles. The van der Waals surface area contributed by atoms with Crippen LogP contribution in [-0.2, 0) is 17.0 Å². The molecular formula is C12H23N3O3Si. The summed E-state index contributed by atoms with van der Waals surface area (Å²) < 4.78 is 11.7. The second-order valence-electron chi connectivity index (χ2n) is 6.69. The van der Waals surface area contributed by atoms with Crippen LogP contribution in [-0.4, -0.2) is 24.4 Å². The minimum absolute atomic E-state index is 0.174. The van der Waals surface area contributed by atoms with Crippen molar-refractivity contribution in [3.63, 3.8) is 0 Å². The van der Waals surface area contributed by atoms with E-state index >= 15 is 0 Å². The van der Waals surface area contributed by atoms with Gasteiger partial charge in [0, 0.05) is 14.7 Å². The molecule has 1 fully saturated rings. The Morgan fingerprint density at radius 3 is 2.74 bits per heavy atom. The lowest BCUT2D eigenvalue weighted by molar-refractivity contribution is 0.0795. The third-order valence-corrected chi connectivity index (χ3v) is 5.39. The van der Waals surface area contributed by atoms with Gasteiger partial charge in [-0.1, -0.05) is 31.7 Å². The van der Waals surface area contributed by atoms with Crippen molar-refractivity contribution in [1.82, 2.24) is 9.72 Å². The van der Waals surface area contributed by atoms with E-state index in [1.807, 2.05) is 6.92 Å². The molecule has 0 amide bonds. The van der Waals surface area contributed by atoms with Gasteiger partial charge in [0.15, 0.2) is 5.82 Å². The molecule has 1 saturated carbocycles. The molecule has 0 unspecified atom stereocenters. The average molecular weight is 285 g/mol. The fourth-order valence-electron chi connectivity index (χ4n) is 2.01. The molecule has 108 valence electrons. The van der Waals surface area contributed by atoms with Gasteiger partial charge in [-0.3, -0.25) is 4.52 Å². The molecule has 6 nitrogen and oxygen atoms in total. The minimum atomic E-state index is -1.12. The summed E-state index contributed by atoms with van der Waals surface area (Å²) in [6, 6.07) is 1.06. The molecule has 0 spiro atoms. The van der Waals surface area contributed by atoms with Gasteiger partial charge in [-0.25, -0.2) is 9.36 Å². The second-order valence-corrected chi connectivity index (χ2v) is 12.3. The van der Waals surface area contributed by atoms with E-state index in [-0.39, 0.29) is 6.73 Å². The van der Waals surface area contributed by atoms with Gasteiger partial charge < -0.3 is 10.5 Å². The standard InChI is InChI=1S/C12H23N3O3Si/c1-9-7-12(9,13)10-14-18-11(16)15(10)8-17-5-6-19(2,3)4/h9H,5-8,13H2,1-4H3/t9-,12-/m0/s1. The lowest BCUT2D eigenvalue weighted by Gasteiger charge is -2.16. The van der Waals surface area contributed by atoms with Gasteiger partial charge in [0.05, 0.1) is 5.54 Å². The molecule has 0 aliphatic heterocycles. The first kappa shape index (κ1) is 14.5. The highest BCUT2D eigenvalue weighted by Gasteiger charge is 2.53. The van der Waals surface area contributed by atoms with Crippen LogP contribution in [0.3, 0.4) is 0 Å². The largest absolute Gasteiger partial charge is 0.443 e. The third-order valence-electron chi connectivity index (χ3n) is 3.68. The van der Waals surface area contributed by atoms with Crippen molar-refractivity contribution in [2.75, 3.05) is 6.61 Å². The summed E-state index contributed by atoms with van der Waals surface area (Å²) in [4.78, 5) is 11.6. The number of nitrogens with two attached hydrogens (primary N) is 1. The Bertz CT molecular complexity index is 505. The molecule has 1 aliphatic rings. The molecule has 19 heavy (non-hydrogen) atoms. The average Bonchev–Trinajstić information content (AvgIpc) is 2.72. The van der Waals surface area contributed by atoms with Crippen molar-refractivity contribution in [3.8, 4) is 0 Å². The van der Waals surface area contributed by atoms with E-state index in [1.54, 1.807) is 0 Å². The lowest BCUT2D eigenvalue weighted by Crippen LogP contribution is -2.30. The normalized spacial score (nSPS) is 26.7. The van der Waals surface area contributed by atoms with Crippen LogP contribution in [0.15, 0.2) is 9.32 Å². The van der Waals surface area contributed by atoms with Gasteiger partial charge in [0.2, 0.25) is 0 Å². The van der Waals surface area contributed by atoms with Crippen LogP contribution in [0.2, 0.25) is 25.7 Å². The van der Waals surface area contributed by atoms with Gasteiger partial charge in [-0.2, -0.15) is 0 Å². The summed E-state index contributed by atoms with van der Waals surface area (Å²) in [5.74, 6) is 0.343. The van der Waals surface area contributed by atoms with Crippen LogP contribution in [0, 0.1) is 5.92 Å². The van der Waals surface area contributed by atoms with Gasteiger partial charge in [-0.05, 0) is 18.4 Å². The SMILES string of the molecule is C[C@H]1C[C@@]1(N)c1noc(=O)n1COCC[Si](C)(C)C. The van der Waals surface area contributed by atoms with E-state index in [0.717, 1.165) is 12.5 Å². The first-order valence-corrected chi connectivity index (χ1v) is 10.4. The van der Waals surface area contributed by atoms with Crippen LogP contribution in [0.5, 0.6) is 0 Å². The number of hydrogen-bond donors (Lipinski definition) is 1. The number of rotatable bonds is 6. The summed E-state index contributed by atoms with van der Waals surface area (Å²) >= 11 is 0. The van der Waals surface area contributed by atoms with Crippen LogP contribution in [0.25, 0.3) is 0 Å². The third kappa shape index (κ3) is 3.15. The van der Waals surface area contributed by atoms with Crippen LogP contribution in [0.4, 0.5) is 0 Å². The van der Waals surface area contributed by atoms with E-state index in [9.17, 15) is 4.79 Å². The van der Waals surface area contributed by atoms with Crippen LogP contribution >= 0.6 is 0 Å². The van der Waals surface area contributed by atoms with E-state index in [4.69, 9.17) is 15.0 Å². The fraction of sp³-hybridized carbons (Fsp3) is 0.833. The van der Waals surface area contributed by atoms with E-state index in [1.165, 1.54) is 4.57 Å². The molecule has 0 saturated heterocycles. The van der Waals surface area contributed by atoms with Crippen molar-refractivity contribution in [1.29, 1.82) is 0 Å². The zero-order chi connectivity index (χ0) is 14.3. The zero-order valence-corrected chi connectivity index (χ0v) is 13.1. The summed E-state index contributed by atoms with van der Waals surface area (Å²) in [7, 11) is -1.12. The van der Waals surface area contributed by atoms with Crippen molar-refractivity contribution in [2.24, 2.45) is 11.7 Å². The highest BCUT2D eigenvalue weighted by atomic mass is 28.3. The highest BCUT2D eigenvalue weighted by molar-refractivity contribution is 6.76.